The molecule has 0 aliphatic carbocycles. The van der Waals surface area contributed by atoms with Crippen LogP contribution >= 0.6 is 15.9 Å². The topological polar surface area (TPSA) is 63.8 Å². The molecule has 5 heteroatoms. The molecule has 4 nitrogen and oxygen atoms in total. The van der Waals surface area contributed by atoms with Crippen molar-refractivity contribution in [2.24, 2.45) is 0 Å². The number of halogens is 1. The van der Waals surface area contributed by atoms with E-state index < -0.39 is 0 Å². The van der Waals surface area contributed by atoms with Crippen LogP contribution in [0.2, 0.25) is 0 Å². The minimum absolute atomic E-state index is 0.436. The molecule has 1 rings (SSSR count). The smallest absolute Gasteiger partial charge is 0.225 e. The van der Waals surface area contributed by atoms with Crippen molar-refractivity contribution in [1.29, 1.82) is 0 Å². The van der Waals surface area contributed by atoms with Crippen LogP contribution in [0.1, 0.15) is 6.92 Å². The highest BCUT2D eigenvalue weighted by atomic mass is 79.9. The van der Waals surface area contributed by atoms with Gasteiger partial charge in [0, 0.05) is 12.6 Å². The van der Waals surface area contributed by atoms with Gasteiger partial charge in [-0.15, -0.1) is 0 Å². The Kier molecular flexibility index (Phi) is 3.25. The summed E-state index contributed by atoms with van der Waals surface area (Å²) in [6.07, 6.45) is 0. The maximum atomic E-state index is 5.52. The van der Waals surface area contributed by atoms with Gasteiger partial charge >= 0.3 is 0 Å². The summed E-state index contributed by atoms with van der Waals surface area (Å²) in [6, 6.07) is 1.64. The number of nitrogens with zero attached hydrogens (tertiary/aromatic N) is 2. The predicted molar refractivity (Wildman–Crippen MR) is 57.4 cm³/mol. The van der Waals surface area contributed by atoms with Crippen molar-refractivity contribution in [2.75, 3.05) is 17.6 Å². The first-order chi connectivity index (χ1) is 6.08. The molecule has 0 spiro atoms. The van der Waals surface area contributed by atoms with Crippen molar-refractivity contribution >= 4 is 27.7 Å². The maximum Gasteiger partial charge on any atom is 0.225 e. The van der Waals surface area contributed by atoms with E-state index in [1.807, 2.05) is 6.92 Å². The number of nitrogen functional groups attached to an aromatic ring is 1. The van der Waals surface area contributed by atoms with Crippen LogP contribution in [0.25, 0.3) is 0 Å². The third kappa shape index (κ3) is 3.42. The number of aromatic nitrogens is 2. The van der Waals surface area contributed by atoms with Crippen molar-refractivity contribution in [1.82, 2.24) is 9.97 Å². The van der Waals surface area contributed by atoms with Gasteiger partial charge in [0.1, 0.15) is 10.4 Å². The average molecular weight is 243 g/mol. The normalized spacial score (nSPS) is 9.69. The van der Waals surface area contributed by atoms with E-state index >= 15 is 0 Å². The summed E-state index contributed by atoms with van der Waals surface area (Å²) in [5.41, 5.74) is 6.54. The SMILES string of the molecule is C=C(C)CNc1nc(N)cc(Br)n1. The zero-order valence-corrected chi connectivity index (χ0v) is 8.93. The second-order valence-corrected chi connectivity index (χ2v) is 3.56. The Balaban J connectivity index is 2.71. The Hall–Kier alpha value is -1.10. The summed E-state index contributed by atoms with van der Waals surface area (Å²) in [5.74, 6) is 0.945. The number of anilines is 2. The fourth-order valence-electron chi connectivity index (χ4n) is 0.744. The van der Waals surface area contributed by atoms with Crippen molar-refractivity contribution in [2.45, 2.75) is 6.92 Å². The van der Waals surface area contributed by atoms with Gasteiger partial charge < -0.3 is 11.1 Å². The Morgan fingerprint density at radius 3 is 2.92 bits per heavy atom. The summed E-state index contributed by atoms with van der Waals surface area (Å²) in [5, 5.41) is 2.99. The maximum absolute atomic E-state index is 5.52. The first-order valence-electron chi connectivity index (χ1n) is 3.76. The molecular weight excluding hydrogens is 232 g/mol. The van der Waals surface area contributed by atoms with E-state index in [2.05, 4.69) is 37.8 Å². The van der Waals surface area contributed by atoms with Crippen LogP contribution in [-0.2, 0) is 0 Å². The van der Waals surface area contributed by atoms with E-state index in [0.29, 0.717) is 22.9 Å². The molecular formula is C8H11BrN4. The lowest BCUT2D eigenvalue weighted by Crippen LogP contribution is -2.07. The molecule has 13 heavy (non-hydrogen) atoms. The standard InChI is InChI=1S/C8H11BrN4/c1-5(2)4-11-8-12-6(9)3-7(10)13-8/h3H,1,4H2,2H3,(H3,10,11,12,13). The van der Waals surface area contributed by atoms with Crippen LogP contribution in [0, 0.1) is 0 Å². The average Bonchev–Trinajstić information content (AvgIpc) is 1.99. The van der Waals surface area contributed by atoms with Crippen molar-refractivity contribution in [3.63, 3.8) is 0 Å². The van der Waals surface area contributed by atoms with Crippen molar-refractivity contribution < 1.29 is 0 Å². The van der Waals surface area contributed by atoms with Crippen molar-refractivity contribution in [3.05, 3.63) is 22.8 Å². The summed E-state index contributed by atoms with van der Waals surface area (Å²) < 4.78 is 0.671. The largest absolute Gasteiger partial charge is 0.383 e. The third-order valence-electron chi connectivity index (χ3n) is 1.26. The van der Waals surface area contributed by atoms with Gasteiger partial charge in [-0.05, 0) is 22.9 Å². The van der Waals surface area contributed by atoms with Gasteiger partial charge in [0.05, 0.1) is 0 Å². The van der Waals surface area contributed by atoms with E-state index in [-0.39, 0.29) is 0 Å². The fourth-order valence-corrected chi connectivity index (χ4v) is 1.15. The van der Waals surface area contributed by atoms with E-state index in [4.69, 9.17) is 5.73 Å². The third-order valence-corrected chi connectivity index (χ3v) is 1.67. The predicted octanol–water partition coefficient (Wildman–Crippen LogP) is 1.81. The lowest BCUT2D eigenvalue weighted by molar-refractivity contribution is 1.08. The van der Waals surface area contributed by atoms with Crippen LogP contribution < -0.4 is 11.1 Å². The Bertz CT molecular complexity index is 304. The molecule has 0 atom stereocenters. The molecule has 0 bridgehead atoms. The van der Waals surface area contributed by atoms with E-state index in [0.717, 1.165) is 5.57 Å². The second-order valence-electron chi connectivity index (χ2n) is 2.75. The quantitative estimate of drug-likeness (QED) is 0.627. The summed E-state index contributed by atoms with van der Waals surface area (Å²) >= 11 is 3.23. The minimum Gasteiger partial charge on any atom is -0.383 e. The lowest BCUT2D eigenvalue weighted by atomic mass is 10.3. The summed E-state index contributed by atoms with van der Waals surface area (Å²) in [4.78, 5) is 8.07. The highest BCUT2D eigenvalue weighted by Crippen LogP contribution is 2.12. The van der Waals surface area contributed by atoms with E-state index in [9.17, 15) is 0 Å². The van der Waals surface area contributed by atoms with Gasteiger partial charge in [-0.2, -0.15) is 4.98 Å². The van der Waals surface area contributed by atoms with Gasteiger partial charge in [-0.25, -0.2) is 4.98 Å². The van der Waals surface area contributed by atoms with E-state index in [1.165, 1.54) is 0 Å². The lowest BCUT2D eigenvalue weighted by Gasteiger charge is -2.04. The first-order valence-corrected chi connectivity index (χ1v) is 4.55. The molecule has 0 unspecified atom stereocenters. The van der Waals surface area contributed by atoms with Crippen LogP contribution in [0.15, 0.2) is 22.8 Å². The van der Waals surface area contributed by atoms with Crippen LogP contribution in [-0.4, -0.2) is 16.5 Å². The van der Waals surface area contributed by atoms with Gasteiger partial charge in [-0.1, -0.05) is 12.2 Å². The molecule has 0 radical (unpaired) electrons. The number of hydrogen-bond acceptors (Lipinski definition) is 4. The Morgan fingerprint density at radius 2 is 2.38 bits per heavy atom. The molecule has 0 fully saturated rings. The molecule has 0 saturated heterocycles. The Morgan fingerprint density at radius 1 is 1.69 bits per heavy atom. The van der Waals surface area contributed by atoms with Crippen LogP contribution in [0.4, 0.5) is 11.8 Å². The fraction of sp³-hybridized carbons (Fsp3) is 0.250. The molecule has 1 aromatic rings. The van der Waals surface area contributed by atoms with Crippen molar-refractivity contribution in [3.8, 4) is 0 Å². The van der Waals surface area contributed by atoms with Crippen LogP contribution in [0.5, 0.6) is 0 Å². The number of nitrogens with two attached hydrogens (primary N) is 1. The molecule has 0 aliphatic rings. The first kappa shape index (κ1) is 9.98. The molecule has 1 aromatic heterocycles. The molecule has 0 aliphatic heterocycles. The van der Waals surface area contributed by atoms with Gasteiger partial charge in [0.2, 0.25) is 5.95 Å². The molecule has 0 saturated carbocycles. The van der Waals surface area contributed by atoms with Gasteiger partial charge in [0.15, 0.2) is 0 Å². The molecule has 0 aromatic carbocycles. The number of rotatable bonds is 3. The number of hydrogen-bond donors (Lipinski definition) is 2. The molecule has 3 N–H and O–H groups in total. The highest BCUT2D eigenvalue weighted by Gasteiger charge is 1.98. The molecule has 70 valence electrons. The van der Waals surface area contributed by atoms with Gasteiger partial charge in [-0.3, -0.25) is 0 Å². The monoisotopic (exact) mass is 242 g/mol. The molecule has 1 heterocycles. The summed E-state index contributed by atoms with van der Waals surface area (Å²) in [7, 11) is 0. The highest BCUT2D eigenvalue weighted by molar-refractivity contribution is 9.10. The zero-order valence-electron chi connectivity index (χ0n) is 7.34. The summed E-state index contributed by atoms with van der Waals surface area (Å²) in [6.45, 7) is 6.33. The minimum atomic E-state index is 0.436. The van der Waals surface area contributed by atoms with E-state index in [1.54, 1.807) is 6.07 Å². The van der Waals surface area contributed by atoms with Gasteiger partial charge in [0.25, 0.3) is 0 Å². The second kappa shape index (κ2) is 4.23. The molecule has 0 amide bonds. The van der Waals surface area contributed by atoms with Crippen LogP contribution in [0.3, 0.4) is 0 Å². The zero-order chi connectivity index (χ0) is 9.84. The Labute approximate surface area is 85.4 Å². The number of nitrogens with one attached hydrogen (secondary N) is 1.